The van der Waals surface area contributed by atoms with Crippen molar-refractivity contribution >= 4 is 29.1 Å². The summed E-state index contributed by atoms with van der Waals surface area (Å²) in [5, 5.41) is 0. The molecule has 0 bridgehead atoms. The second-order valence-corrected chi connectivity index (χ2v) is 5.51. The molecule has 3 nitrogen and oxygen atoms in total. The Balaban J connectivity index is 2.21. The van der Waals surface area contributed by atoms with Gasteiger partial charge in [-0.3, -0.25) is 9.59 Å². The number of halogens is 2. The topological polar surface area (TPSA) is 37.4 Å². The third-order valence-corrected chi connectivity index (χ3v) is 3.87. The van der Waals surface area contributed by atoms with E-state index < -0.39 is 23.3 Å². The highest BCUT2D eigenvalue weighted by atomic mass is 32.2. The van der Waals surface area contributed by atoms with Crippen molar-refractivity contribution in [3.63, 3.8) is 0 Å². The number of anilines is 1. The summed E-state index contributed by atoms with van der Waals surface area (Å²) in [6.07, 6.45) is 0.704. The van der Waals surface area contributed by atoms with Gasteiger partial charge in [-0.15, -0.1) is 0 Å². The van der Waals surface area contributed by atoms with Gasteiger partial charge in [-0.2, -0.15) is 11.8 Å². The minimum absolute atomic E-state index is 0.0490. The van der Waals surface area contributed by atoms with Gasteiger partial charge in [0, 0.05) is 12.6 Å². The van der Waals surface area contributed by atoms with Crippen LogP contribution in [-0.4, -0.2) is 29.7 Å². The highest BCUT2D eigenvalue weighted by Crippen LogP contribution is 2.31. The zero-order valence-corrected chi connectivity index (χ0v) is 11.2. The van der Waals surface area contributed by atoms with Crippen molar-refractivity contribution in [2.45, 2.75) is 13.3 Å². The van der Waals surface area contributed by atoms with Gasteiger partial charge < -0.3 is 4.90 Å². The van der Waals surface area contributed by atoms with Gasteiger partial charge in [-0.1, -0.05) is 6.92 Å². The summed E-state index contributed by atoms with van der Waals surface area (Å²) in [5.41, 5.74) is 0.127. The standard InChI is InChI=1S/C13H13F2NO2S/c1-2-19-5-3-4-16-11-7-10(15)9(14)6-8(11)12(17)13(16)18/h6-7H,2-5H2,1H3. The normalized spacial score (nSPS) is 14.2. The lowest BCUT2D eigenvalue weighted by Crippen LogP contribution is -2.30. The number of rotatable bonds is 5. The molecule has 0 radical (unpaired) electrons. The molecule has 0 fully saturated rings. The number of benzene rings is 1. The fraction of sp³-hybridized carbons (Fsp3) is 0.385. The molecule has 0 saturated carbocycles. The molecule has 1 aromatic carbocycles. The Kier molecular flexibility index (Phi) is 4.19. The molecular weight excluding hydrogens is 272 g/mol. The van der Waals surface area contributed by atoms with Gasteiger partial charge in [0.25, 0.3) is 11.7 Å². The first kappa shape index (κ1) is 14.0. The molecule has 102 valence electrons. The molecule has 1 aliphatic heterocycles. The Hall–Kier alpha value is -1.43. The molecule has 0 N–H and O–H groups in total. The average Bonchev–Trinajstić information content (AvgIpc) is 2.60. The lowest BCUT2D eigenvalue weighted by molar-refractivity contribution is -0.114. The van der Waals surface area contributed by atoms with Gasteiger partial charge in [0.1, 0.15) is 0 Å². The van der Waals surface area contributed by atoms with E-state index in [9.17, 15) is 18.4 Å². The number of carbonyl (C=O) groups is 2. The zero-order valence-electron chi connectivity index (χ0n) is 10.4. The Morgan fingerprint density at radius 1 is 1.21 bits per heavy atom. The molecule has 0 atom stereocenters. The number of hydrogen-bond donors (Lipinski definition) is 0. The summed E-state index contributed by atoms with van der Waals surface area (Å²) in [4.78, 5) is 24.7. The largest absolute Gasteiger partial charge is 0.305 e. The number of Topliss-reactive ketones (excluding diaryl/α,β-unsaturated/α-hetero) is 1. The number of thioether (sulfide) groups is 1. The molecule has 0 aliphatic carbocycles. The summed E-state index contributed by atoms with van der Waals surface area (Å²) in [5.74, 6) is -1.80. The van der Waals surface area contributed by atoms with E-state index >= 15 is 0 Å². The zero-order chi connectivity index (χ0) is 14.0. The molecule has 0 unspecified atom stereocenters. The maximum absolute atomic E-state index is 13.2. The predicted octanol–water partition coefficient (Wildman–Crippen LogP) is 2.64. The Labute approximate surface area is 114 Å². The van der Waals surface area contributed by atoms with E-state index in [1.807, 2.05) is 6.92 Å². The van der Waals surface area contributed by atoms with Crippen molar-refractivity contribution in [1.29, 1.82) is 0 Å². The molecule has 0 saturated heterocycles. The van der Waals surface area contributed by atoms with Crippen molar-refractivity contribution in [2.24, 2.45) is 0 Å². The quantitative estimate of drug-likeness (QED) is 0.616. The monoisotopic (exact) mass is 285 g/mol. The molecule has 1 amide bonds. The van der Waals surface area contributed by atoms with Crippen LogP contribution in [0.5, 0.6) is 0 Å². The Morgan fingerprint density at radius 2 is 1.89 bits per heavy atom. The lowest BCUT2D eigenvalue weighted by atomic mass is 10.1. The first-order chi connectivity index (χ1) is 9.06. The maximum atomic E-state index is 13.2. The van der Waals surface area contributed by atoms with Crippen LogP contribution in [-0.2, 0) is 4.79 Å². The van der Waals surface area contributed by atoms with Crippen molar-refractivity contribution in [3.8, 4) is 0 Å². The van der Waals surface area contributed by atoms with Gasteiger partial charge in [-0.05, 0) is 24.0 Å². The Morgan fingerprint density at radius 3 is 2.58 bits per heavy atom. The van der Waals surface area contributed by atoms with E-state index in [0.29, 0.717) is 13.0 Å². The first-order valence-corrected chi connectivity index (χ1v) is 7.14. The third-order valence-electron chi connectivity index (χ3n) is 2.89. The maximum Gasteiger partial charge on any atom is 0.299 e. The summed E-state index contributed by atoms with van der Waals surface area (Å²) < 4.78 is 26.3. The number of nitrogens with zero attached hydrogens (tertiary/aromatic N) is 1. The van der Waals surface area contributed by atoms with Crippen LogP contribution in [0.3, 0.4) is 0 Å². The van der Waals surface area contributed by atoms with E-state index in [1.54, 1.807) is 11.8 Å². The molecule has 1 heterocycles. The van der Waals surface area contributed by atoms with Crippen LogP contribution in [0, 0.1) is 11.6 Å². The van der Waals surface area contributed by atoms with Crippen molar-refractivity contribution in [2.75, 3.05) is 23.0 Å². The smallest absolute Gasteiger partial charge is 0.299 e. The summed E-state index contributed by atoms with van der Waals surface area (Å²) >= 11 is 1.72. The number of ketones is 1. The average molecular weight is 285 g/mol. The number of amides is 1. The first-order valence-electron chi connectivity index (χ1n) is 5.99. The molecule has 1 aromatic rings. The lowest BCUT2D eigenvalue weighted by Gasteiger charge is -2.16. The van der Waals surface area contributed by atoms with Crippen LogP contribution in [0.2, 0.25) is 0 Å². The van der Waals surface area contributed by atoms with E-state index in [0.717, 1.165) is 23.6 Å². The van der Waals surface area contributed by atoms with Crippen LogP contribution < -0.4 is 4.90 Å². The molecule has 19 heavy (non-hydrogen) atoms. The second kappa shape index (κ2) is 5.69. The summed E-state index contributed by atoms with van der Waals surface area (Å²) in [6, 6.07) is 1.71. The second-order valence-electron chi connectivity index (χ2n) is 4.12. The van der Waals surface area contributed by atoms with Gasteiger partial charge in [-0.25, -0.2) is 8.78 Å². The van der Waals surface area contributed by atoms with E-state index in [2.05, 4.69) is 0 Å². The van der Waals surface area contributed by atoms with Crippen molar-refractivity contribution in [3.05, 3.63) is 29.3 Å². The molecule has 6 heteroatoms. The molecule has 1 aliphatic rings. The number of hydrogen-bond acceptors (Lipinski definition) is 3. The van der Waals surface area contributed by atoms with Crippen LogP contribution in [0.15, 0.2) is 12.1 Å². The third kappa shape index (κ3) is 2.63. The minimum Gasteiger partial charge on any atom is -0.305 e. The van der Waals surface area contributed by atoms with Crippen LogP contribution in [0.4, 0.5) is 14.5 Å². The van der Waals surface area contributed by atoms with E-state index in [4.69, 9.17) is 0 Å². The van der Waals surface area contributed by atoms with Crippen LogP contribution >= 0.6 is 11.8 Å². The Bertz CT molecular complexity index is 534. The highest BCUT2D eigenvalue weighted by molar-refractivity contribution is 7.99. The van der Waals surface area contributed by atoms with Gasteiger partial charge in [0.15, 0.2) is 11.6 Å². The van der Waals surface area contributed by atoms with E-state index in [1.165, 1.54) is 4.90 Å². The molecular formula is C13H13F2NO2S. The van der Waals surface area contributed by atoms with Crippen molar-refractivity contribution in [1.82, 2.24) is 0 Å². The SMILES string of the molecule is CCSCCCN1C(=O)C(=O)c2cc(F)c(F)cc21. The van der Waals surface area contributed by atoms with Gasteiger partial charge in [0.05, 0.1) is 11.3 Å². The number of fused-ring (bicyclic) bond motifs is 1. The molecule has 0 spiro atoms. The van der Waals surface area contributed by atoms with Gasteiger partial charge in [0.2, 0.25) is 0 Å². The van der Waals surface area contributed by atoms with E-state index in [-0.39, 0.29) is 11.3 Å². The molecule has 2 rings (SSSR count). The van der Waals surface area contributed by atoms with Crippen molar-refractivity contribution < 1.29 is 18.4 Å². The number of carbonyl (C=O) groups excluding carboxylic acids is 2. The predicted molar refractivity (Wildman–Crippen MR) is 70.7 cm³/mol. The summed E-state index contributed by atoms with van der Waals surface area (Å²) in [6.45, 7) is 2.37. The molecule has 0 aromatic heterocycles. The van der Waals surface area contributed by atoms with Crippen LogP contribution in [0.25, 0.3) is 0 Å². The highest BCUT2D eigenvalue weighted by Gasteiger charge is 2.36. The fourth-order valence-corrected chi connectivity index (χ4v) is 2.60. The van der Waals surface area contributed by atoms with Gasteiger partial charge >= 0.3 is 0 Å². The summed E-state index contributed by atoms with van der Waals surface area (Å²) in [7, 11) is 0. The fourth-order valence-electron chi connectivity index (χ4n) is 1.98. The minimum atomic E-state index is -1.11. The van der Waals surface area contributed by atoms with Crippen LogP contribution in [0.1, 0.15) is 23.7 Å².